The Hall–Kier alpha value is -1.19. The maximum atomic E-state index is 13.0. The van der Waals surface area contributed by atoms with Crippen molar-refractivity contribution in [2.75, 3.05) is 0 Å². The zero-order chi connectivity index (χ0) is 14.0. The normalized spacial score (nSPS) is 10.5. The van der Waals surface area contributed by atoms with E-state index in [1.54, 1.807) is 31.2 Å². The summed E-state index contributed by atoms with van der Waals surface area (Å²) in [5, 5.41) is 0.564. The number of carbonyl (C=O) groups excluding carboxylic acids is 1. The third-order valence-electron chi connectivity index (χ3n) is 2.90. The monoisotopic (exact) mass is 340 g/mol. The second kappa shape index (κ2) is 5.85. The van der Waals surface area contributed by atoms with E-state index in [0.29, 0.717) is 15.1 Å². The van der Waals surface area contributed by atoms with Crippen LogP contribution < -0.4 is 0 Å². The lowest BCUT2D eigenvalue weighted by Gasteiger charge is -2.06. The van der Waals surface area contributed by atoms with E-state index in [1.165, 1.54) is 12.1 Å². The van der Waals surface area contributed by atoms with Crippen LogP contribution in [0.5, 0.6) is 0 Å². The quantitative estimate of drug-likeness (QED) is 0.720. The highest BCUT2D eigenvalue weighted by molar-refractivity contribution is 9.10. The Kier molecular flexibility index (Phi) is 4.38. The zero-order valence-corrected chi connectivity index (χ0v) is 12.6. The van der Waals surface area contributed by atoms with E-state index in [0.717, 1.165) is 11.1 Å². The van der Waals surface area contributed by atoms with E-state index in [9.17, 15) is 9.18 Å². The van der Waals surface area contributed by atoms with Crippen LogP contribution >= 0.6 is 27.5 Å². The SMILES string of the molecule is Cc1cc(F)ccc1CC(=O)c1ccc(Cl)c(Br)c1. The Balaban J connectivity index is 2.23. The van der Waals surface area contributed by atoms with Gasteiger partial charge in [-0.25, -0.2) is 4.39 Å². The lowest BCUT2D eigenvalue weighted by molar-refractivity contribution is 0.0992. The van der Waals surface area contributed by atoms with Gasteiger partial charge in [0.2, 0.25) is 0 Å². The Labute approximate surface area is 124 Å². The van der Waals surface area contributed by atoms with Crippen LogP contribution in [0.4, 0.5) is 4.39 Å². The fourth-order valence-electron chi connectivity index (χ4n) is 1.80. The standard InChI is InChI=1S/C15H11BrClFO/c1-9-6-12(18)4-2-10(9)8-15(19)11-3-5-14(17)13(16)7-11/h2-7H,8H2,1H3. The molecule has 0 spiro atoms. The van der Waals surface area contributed by atoms with E-state index >= 15 is 0 Å². The van der Waals surface area contributed by atoms with Gasteiger partial charge >= 0.3 is 0 Å². The van der Waals surface area contributed by atoms with Gasteiger partial charge in [-0.3, -0.25) is 4.79 Å². The van der Waals surface area contributed by atoms with Crippen molar-refractivity contribution in [2.24, 2.45) is 0 Å². The second-order valence-electron chi connectivity index (χ2n) is 4.30. The molecule has 0 amide bonds. The van der Waals surface area contributed by atoms with Crippen molar-refractivity contribution in [1.82, 2.24) is 0 Å². The number of aryl methyl sites for hydroxylation is 1. The highest BCUT2D eigenvalue weighted by Gasteiger charge is 2.11. The third kappa shape index (κ3) is 3.43. The van der Waals surface area contributed by atoms with Crippen LogP contribution in [0.3, 0.4) is 0 Å². The number of hydrogen-bond donors (Lipinski definition) is 0. The molecule has 0 unspecified atom stereocenters. The van der Waals surface area contributed by atoms with Gasteiger partial charge in [-0.1, -0.05) is 17.7 Å². The summed E-state index contributed by atoms with van der Waals surface area (Å²) in [6.45, 7) is 1.80. The van der Waals surface area contributed by atoms with E-state index in [-0.39, 0.29) is 18.0 Å². The molecule has 0 aliphatic heterocycles. The average molecular weight is 342 g/mol. The number of Topliss-reactive ketones (excluding diaryl/α,β-unsaturated/α-hetero) is 1. The Morgan fingerprint density at radius 2 is 2.00 bits per heavy atom. The van der Waals surface area contributed by atoms with E-state index < -0.39 is 0 Å². The molecule has 2 aromatic rings. The molecule has 2 rings (SSSR count). The van der Waals surface area contributed by atoms with Crippen LogP contribution in [0.2, 0.25) is 5.02 Å². The van der Waals surface area contributed by atoms with Crippen LogP contribution in [0.1, 0.15) is 21.5 Å². The van der Waals surface area contributed by atoms with Crippen molar-refractivity contribution in [1.29, 1.82) is 0 Å². The van der Waals surface area contributed by atoms with Crippen molar-refractivity contribution < 1.29 is 9.18 Å². The summed E-state index contributed by atoms with van der Waals surface area (Å²) in [6, 6.07) is 9.51. The van der Waals surface area contributed by atoms with Gasteiger partial charge in [0.1, 0.15) is 5.82 Å². The summed E-state index contributed by atoms with van der Waals surface area (Å²) in [5.41, 5.74) is 2.19. The largest absolute Gasteiger partial charge is 0.294 e. The molecule has 0 aromatic heterocycles. The minimum absolute atomic E-state index is 0.0212. The van der Waals surface area contributed by atoms with Crippen molar-refractivity contribution >= 4 is 33.3 Å². The molecule has 2 aromatic carbocycles. The molecule has 0 fully saturated rings. The van der Waals surface area contributed by atoms with Crippen LogP contribution in [-0.2, 0) is 6.42 Å². The van der Waals surface area contributed by atoms with Crippen molar-refractivity contribution in [3.63, 3.8) is 0 Å². The summed E-state index contributed by atoms with van der Waals surface area (Å²) in [6.07, 6.45) is 0.250. The molecule has 4 heteroatoms. The van der Waals surface area contributed by atoms with Gasteiger partial charge in [0.05, 0.1) is 5.02 Å². The first-order chi connectivity index (χ1) is 8.97. The predicted octanol–water partition coefficient (Wildman–Crippen LogP) is 4.98. The topological polar surface area (TPSA) is 17.1 Å². The fourth-order valence-corrected chi connectivity index (χ4v) is 2.30. The molecule has 0 aliphatic rings. The highest BCUT2D eigenvalue weighted by Crippen LogP contribution is 2.24. The zero-order valence-electron chi connectivity index (χ0n) is 10.2. The molecular weight excluding hydrogens is 331 g/mol. The molecule has 0 atom stereocenters. The number of halogens is 3. The van der Waals surface area contributed by atoms with E-state index in [4.69, 9.17) is 11.6 Å². The Morgan fingerprint density at radius 1 is 1.26 bits per heavy atom. The average Bonchev–Trinajstić information content (AvgIpc) is 2.36. The van der Waals surface area contributed by atoms with Gasteiger partial charge in [-0.2, -0.15) is 0 Å². The molecule has 0 radical (unpaired) electrons. The summed E-state index contributed by atoms with van der Waals surface area (Å²) in [4.78, 5) is 12.2. The van der Waals surface area contributed by atoms with E-state index in [1.807, 2.05) is 0 Å². The predicted molar refractivity (Wildman–Crippen MR) is 78.3 cm³/mol. The van der Waals surface area contributed by atoms with Gasteiger partial charge in [-0.05, 0) is 64.3 Å². The molecule has 0 N–H and O–H groups in total. The van der Waals surface area contributed by atoms with Crippen molar-refractivity contribution in [3.05, 3.63) is 68.4 Å². The Bertz CT molecular complexity index is 640. The molecule has 0 bridgehead atoms. The van der Waals surface area contributed by atoms with Crippen LogP contribution in [0.15, 0.2) is 40.9 Å². The molecule has 1 nitrogen and oxygen atoms in total. The van der Waals surface area contributed by atoms with Crippen LogP contribution in [0, 0.1) is 12.7 Å². The lowest BCUT2D eigenvalue weighted by atomic mass is 9.99. The third-order valence-corrected chi connectivity index (χ3v) is 4.11. The fraction of sp³-hybridized carbons (Fsp3) is 0.133. The molecule has 19 heavy (non-hydrogen) atoms. The highest BCUT2D eigenvalue weighted by atomic mass is 79.9. The molecule has 0 saturated carbocycles. The lowest BCUT2D eigenvalue weighted by Crippen LogP contribution is -2.05. The number of rotatable bonds is 3. The molecular formula is C15H11BrClFO. The van der Waals surface area contributed by atoms with Crippen LogP contribution in [0.25, 0.3) is 0 Å². The maximum absolute atomic E-state index is 13.0. The van der Waals surface area contributed by atoms with Gasteiger partial charge in [0, 0.05) is 16.5 Å². The number of benzene rings is 2. The minimum Gasteiger partial charge on any atom is -0.294 e. The van der Waals surface area contributed by atoms with Crippen molar-refractivity contribution in [3.8, 4) is 0 Å². The first-order valence-corrected chi connectivity index (χ1v) is 6.88. The van der Waals surface area contributed by atoms with Gasteiger partial charge in [0.15, 0.2) is 5.78 Å². The van der Waals surface area contributed by atoms with Crippen molar-refractivity contribution in [2.45, 2.75) is 13.3 Å². The van der Waals surface area contributed by atoms with Gasteiger partial charge < -0.3 is 0 Å². The first-order valence-electron chi connectivity index (χ1n) is 5.70. The molecule has 0 aliphatic carbocycles. The summed E-state index contributed by atoms with van der Waals surface area (Å²) in [7, 11) is 0. The minimum atomic E-state index is -0.289. The smallest absolute Gasteiger partial charge is 0.167 e. The second-order valence-corrected chi connectivity index (χ2v) is 5.56. The van der Waals surface area contributed by atoms with Gasteiger partial charge in [-0.15, -0.1) is 0 Å². The Morgan fingerprint density at radius 3 is 2.63 bits per heavy atom. The van der Waals surface area contributed by atoms with Gasteiger partial charge in [0.25, 0.3) is 0 Å². The molecule has 0 saturated heterocycles. The number of ketones is 1. The number of hydrogen-bond acceptors (Lipinski definition) is 1. The maximum Gasteiger partial charge on any atom is 0.167 e. The summed E-state index contributed by atoms with van der Waals surface area (Å²) < 4.78 is 13.7. The van der Waals surface area contributed by atoms with E-state index in [2.05, 4.69) is 15.9 Å². The van der Waals surface area contributed by atoms with Crippen LogP contribution in [-0.4, -0.2) is 5.78 Å². The first kappa shape index (κ1) is 14.2. The summed E-state index contributed by atoms with van der Waals surface area (Å²) >= 11 is 9.18. The molecule has 0 heterocycles. The molecule has 98 valence electrons. The number of carbonyl (C=O) groups is 1. The summed E-state index contributed by atoms with van der Waals surface area (Å²) in [5.74, 6) is -0.310.